The van der Waals surface area contributed by atoms with Gasteiger partial charge in [-0.3, -0.25) is 4.79 Å². The van der Waals surface area contributed by atoms with Gasteiger partial charge in [0.05, 0.1) is 6.20 Å². The average Bonchev–Trinajstić information content (AvgIpc) is 3.26. The van der Waals surface area contributed by atoms with Crippen LogP contribution in [0.25, 0.3) is 5.69 Å². The van der Waals surface area contributed by atoms with Crippen molar-refractivity contribution >= 4 is 11.8 Å². The number of rotatable bonds is 5. The van der Waals surface area contributed by atoms with E-state index in [9.17, 15) is 18.4 Å². The van der Waals surface area contributed by atoms with Gasteiger partial charge in [-0.1, -0.05) is 30.3 Å². The normalized spacial score (nSPS) is 14.5. The van der Waals surface area contributed by atoms with Crippen molar-refractivity contribution in [3.05, 3.63) is 83.7 Å². The third-order valence-corrected chi connectivity index (χ3v) is 5.45. The predicted molar refractivity (Wildman–Crippen MR) is 111 cm³/mol. The Bertz CT molecular complexity index is 1080. The number of aromatic nitrogens is 2. The Hall–Kier alpha value is -3.55. The Balaban J connectivity index is 1.28. The molecule has 1 aliphatic heterocycles. The first-order valence-electron chi connectivity index (χ1n) is 10.1. The second-order valence-electron chi connectivity index (χ2n) is 7.54. The van der Waals surface area contributed by atoms with Gasteiger partial charge in [-0.15, -0.1) is 0 Å². The number of hydrogen-bond donors (Lipinski definition) is 1. The molecule has 0 unspecified atom stereocenters. The molecule has 0 saturated carbocycles. The number of carbonyl (C=O) groups is 2. The third-order valence-electron chi connectivity index (χ3n) is 5.45. The zero-order chi connectivity index (χ0) is 21.8. The van der Waals surface area contributed by atoms with Crippen molar-refractivity contribution in [1.82, 2.24) is 20.0 Å². The molecular weight excluding hydrogens is 402 g/mol. The van der Waals surface area contributed by atoms with Crippen molar-refractivity contribution in [2.75, 3.05) is 13.1 Å². The Morgan fingerprint density at radius 3 is 2.52 bits per heavy atom. The summed E-state index contributed by atoms with van der Waals surface area (Å²) in [6.45, 7) is 1.24. The van der Waals surface area contributed by atoms with E-state index in [1.54, 1.807) is 11.1 Å². The van der Waals surface area contributed by atoms with Gasteiger partial charge in [0.2, 0.25) is 0 Å². The molecule has 31 heavy (non-hydrogen) atoms. The largest absolute Gasteiger partial charge is 0.334 e. The molecule has 1 saturated heterocycles. The second kappa shape index (κ2) is 9.07. The highest BCUT2D eigenvalue weighted by molar-refractivity contribution is 5.98. The van der Waals surface area contributed by atoms with Crippen LogP contribution < -0.4 is 5.32 Å². The molecule has 160 valence electrons. The zero-order valence-electron chi connectivity index (χ0n) is 16.8. The molecule has 1 N–H and O–H groups in total. The fraction of sp³-hybridized carbons (Fsp3) is 0.261. The van der Waals surface area contributed by atoms with Crippen LogP contribution in [0, 0.1) is 17.6 Å². The third kappa shape index (κ3) is 4.79. The summed E-state index contributed by atoms with van der Waals surface area (Å²) in [4.78, 5) is 26.8. The van der Waals surface area contributed by atoms with Crippen LogP contribution in [-0.4, -0.2) is 39.6 Å². The molecule has 4 rings (SSSR count). The summed E-state index contributed by atoms with van der Waals surface area (Å²) < 4.78 is 28.3. The van der Waals surface area contributed by atoms with Crippen molar-refractivity contribution in [3.8, 4) is 5.69 Å². The van der Waals surface area contributed by atoms with Crippen LogP contribution in [0.1, 0.15) is 28.8 Å². The van der Waals surface area contributed by atoms with Crippen molar-refractivity contribution in [3.63, 3.8) is 0 Å². The van der Waals surface area contributed by atoms with Crippen molar-refractivity contribution < 1.29 is 18.4 Å². The number of hydrogen-bond acceptors (Lipinski definition) is 3. The Morgan fingerprint density at radius 1 is 1.06 bits per heavy atom. The Morgan fingerprint density at radius 2 is 1.81 bits per heavy atom. The van der Waals surface area contributed by atoms with Gasteiger partial charge in [0.25, 0.3) is 0 Å². The standard InChI is InChI=1S/C23H22F2N4O2/c24-19-6-7-21(20(25)12-19)29-15-16(14-27-29)13-26-23(31)28-10-8-18(9-11-28)22(30)17-4-2-1-3-5-17/h1-7,12,14-15,18H,8-11,13H2,(H,26,31). The highest BCUT2D eigenvalue weighted by Crippen LogP contribution is 2.22. The van der Waals surface area contributed by atoms with E-state index in [2.05, 4.69) is 10.4 Å². The van der Waals surface area contributed by atoms with Crippen molar-refractivity contribution in [1.29, 1.82) is 0 Å². The minimum Gasteiger partial charge on any atom is -0.334 e. The molecule has 2 amide bonds. The van der Waals surface area contributed by atoms with E-state index >= 15 is 0 Å². The summed E-state index contributed by atoms with van der Waals surface area (Å²) in [6, 6.07) is 12.3. The molecule has 0 spiro atoms. The molecule has 0 atom stereocenters. The first kappa shape index (κ1) is 20.7. The van der Waals surface area contributed by atoms with Crippen molar-refractivity contribution in [2.45, 2.75) is 19.4 Å². The summed E-state index contributed by atoms with van der Waals surface area (Å²) in [6.07, 6.45) is 4.36. The van der Waals surface area contributed by atoms with Gasteiger partial charge in [-0.25, -0.2) is 18.3 Å². The van der Waals surface area contributed by atoms with Crippen LogP contribution in [0.5, 0.6) is 0 Å². The number of amides is 2. The lowest BCUT2D eigenvalue weighted by Gasteiger charge is -2.31. The van der Waals surface area contributed by atoms with E-state index in [4.69, 9.17) is 0 Å². The zero-order valence-corrected chi connectivity index (χ0v) is 16.8. The minimum atomic E-state index is -0.716. The van der Waals surface area contributed by atoms with Gasteiger partial charge in [0, 0.05) is 48.9 Å². The Kier molecular flexibility index (Phi) is 6.06. The van der Waals surface area contributed by atoms with Crippen molar-refractivity contribution in [2.24, 2.45) is 5.92 Å². The summed E-state index contributed by atoms with van der Waals surface area (Å²) in [7, 11) is 0. The number of nitrogens with one attached hydrogen (secondary N) is 1. The number of ketones is 1. The summed E-state index contributed by atoms with van der Waals surface area (Å²) in [5.41, 5.74) is 1.52. The number of urea groups is 1. The highest BCUT2D eigenvalue weighted by atomic mass is 19.1. The molecule has 0 radical (unpaired) electrons. The smallest absolute Gasteiger partial charge is 0.317 e. The lowest BCUT2D eigenvalue weighted by atomic mass is 9.89. The maximum absolute atomic E-state index is 13.9. The second-order valence-corrected chi connectivity index (χ2v) is 7.54. The van der Waals surface area contributed by atoms with Gasteiger partial charge >= 0.3 is 6.03 Å². The number of piperidine rings is 1. The topological polar surface area (TPSA) is 67.2 Å². The van der Waals surface area contributed by atoms with E-state index in [0.29, 0.717) is 37.1 Å². The maximum atomic E-state index is 13.9. The molecule has 1 aliphatic rings. The molecule has 0 bridgehead atoms. The summed E-state index contributed by atoms with van der Waals surface area (Å²) >= 11 is 0. The van der Waals surface area contributed by atoms with Gasteiger partial charge in [0.15, 0.2) is 11.6 Å². The molecule has 1 fully saturated rings. The molecular formula is C23H22F2N4O2. The molecule has 8 heteroatoms. The molecule has 3 aromatic rings. The van der Waals surface area contributed by atoms with E-state index in [1.165, 1.54) is 16.9 Å². The first-order valence-corrected chi connectivity index (χ1v) is 10.1. The van der Waals surface area contributed by atoms with E-state index in [-0.39, 0.29) is 30.0 Å². The number of carbonyl (C=O) groups excluding carboxylic acids is 2. The molecule has 0 aliphatic carbocycles. The van der Waals surface area contributed by atoms with Crippen LogP contribution in [0.4, 0.5) is 13.6 Å². The number of nitrogens with zero attached hydrogens (tertiary/aromatic N) is 3. The molecule has 1 aromatic heterocycles. The number of benzene rings is 2. The van der Waals surface area contributed by atoms with Crippen LogP contribution in [0.15, 0.2) is 60.9 Å². The van der Waals surface area contributed by atoms with E-state index < -0.39 is 11.6 Å². The molecule has 2 heterocycles. The molecule has 2 aromatic carbocycles. The fourth-order valence-corrected chi connectivity index (χ4v) is 3.72. The minimum absolute atomic E-state index is 0.0738. The van der Waals surface area contributed by atoms with Crippen LogP contribution >= 0.6 is 0 Å². The Labute approximate surface area is 178 Å². The lowest BCUT2D eigenvalue weighted by molar-refractivity contribution is 0.0854. The number of Topliss-reactive ketones (excluding diaryl/α,β-unsaturated/α-hetero) is 1. The van der Waals surface area contributed by atoms with Gasteiger partial charge in [-0.05, 0) is 25.0 Å². The van der Waals surface area contributed by atoms with E-state index in [0.717, 1.165) is 12.1 Å². The highest BCUT2D eigenvalue weighted by Gasteiger charge is 2.27. The number of likely N-dealkylation sites (tertiary alicyclic amines) is 1. The average molecular weight is 424 g/mol. The SMILES string of the molecule is O=C(c1ccccc1)C1CCN(C(=O)NCc2cnn(-c3ccc(F)cc3F)c2)CC1. The quantitative estimate of drug-likeness (QED) is 0.631. The predicted octanol–water partition coefficient (Wildman–Crippen LogP) is 3.96. The van der Waals surface area contributed by atoms with Crippen LogP contribution in [-0.2, 0) is 6.54 Å². The summed E-state index contributed by atoms with van der Waals surface area (Å²) in [5.74, 6) is -1.32. The van der Waals surface area contributed by atoms with E-state index in [1.807, 2.05) is 30.3 Å². The van der Waals surface area contributed by atoms with Gasteiger partial charge in [0.1, 0.15) is 11.5 Å². The monoisotopic (exact) mass is 424 g/mol. The van der Waals surface area contributed by atoms with Gasteiger partial charge < -0.3 is 10.2 Å². The van der Waals surface area contributed by atoms with Crippen LogP contribution in [0.3, 0.4) is 0 Å². The maximum Gasteiger partial charge on any atom is 0.317 e. The first-order chi connectivity index (χ1) is 15.0. The van der Waals surface area contributed by atoms with Gasteiger partial charge in [-0.2, -0.15) is 5.10 Å². The van der Waals surface area contributed by atoms with Crippen LogP contribution in [0.2, 0.25) is 0 Å². The number of halogens is 2. The molecule has 6 nitrogen and oxygen atoms in total. The lowest BCUT2D eigenvalue weighted by Crippen LogP contribution is -2.45. The fourth-order valence-electron chi connectivity index (χ4n) is 3.72. The summed E-state index contributed by atoms with van der Waals surface area (Å²) in [5, 5.41) is 6.91.